The van der Waals surface area contributed by atoms with Crippen LogP contribution in [0.2, 0.25) is 5.02 Å². The second-order valence-electron chi connectivity index (χ2n) is 5.10. The lowest BCUT2D eigenvalue weighted by atomic mass is 10.0. The van der Waals surface area contributed by atoms with Gasteiger partial charge in [-0.1, -0.05) is 23.7 Å². The van der Waals surface area contributed by atoms with Crippen LogP contribution in [-0.4, -0.2) is 13.7 Å². The molecule has 0 amide bonds. The standard InChI is InChI=1S/C17H16Cl2O2/c1-20-14-4-2-3-11(7-14)8-16(19)15-10-13(18)9-12-5-6-21-17(12)15/h2-4,7,9-10,16H,5-6,8H2,1H3. The van der Waals surface area contributed by atoms with Crippen LogP contribution in [0.4, 0.5) is 0 Å². The first-order chi connectivity index (χ1) is 10.2. The van der Waals surface area contributed by atoms with E-state index >= 15 is 0 Å². The fraction of sp³-hybridized carbons (Fsp3) is 0.294. The van der Waals surface area contributed by atoms with E-state index < -0.39 is 0 Å². The molecule has 0 saturated heterocycles. The quantitative estimate of drug-likeness (QED) is 0.752. The van der Waals surface area contributed by atoms with E-state index in [9.17, 15) is 0 Å². The van der Waals surface area contributed by atoms with Crippen LogP contribution in [-0.2, 0) is 12.8 Å². The summed E-state index contributed by atoms with van der Waals surface area (Å²) in [4.78, 5) is 0. The number of hydrogen-bond acceptors (Lipinski definition) is 2. The first-order valence-corrected chi connectivity index (χ1v) is 7.71. The average molecular weight is 323 g/mol. The molecule has 0 aliphatic carbocycles. The Labute approximate surface area is 134 Å². The van der Waals surface area contributed by atoms with Crippen LogP contribution in [0.1, 0.15) is 22.1 Å². The molecule has 0 saturated carbocycles. The Kier molecular flexibility index (Phi) is 4.27. The van der Waals surface area contributed by atoms with Crippen LogP contribution >= 0.6 is 23.2 Å². The van der Waals surface area contributed by atoms with E-state index in [2.05, 4.69) is 0 Å². The van der Waals surface area contributed by atoms with Gasteiger partial charge in [0.05, 0.1) is 19.1 Å². The number of ether oxygens (including phenoxy) is 2. The van der Waals surface area contributed by atoms with Gasteiger partial charge in [0.15, 0.2) is 0 Å². The molecule has 1 aliphatic rings. The molecule has 21 heavy (non-hydrogen) atoms. The van der Waals surface area contributed by atoms with E-state index in [1.165, 1.54) is 0 Å². The van der Waals surface area contributed by atoms with Crippen LogP contribution in [0.15, 0.2) is 36.4 Å². The maximum Gasteiger partial charge on any atom is 0.127 e. The maximum absolute atomic E-state index is 6.61. The van der Waals surface area contributed by atoms with Gasteiger partial charge in [-0.05, 0) is 41.8 Å². The summed E-state index contributed by atoms with van der Waals surface area (Å²) in [5, 5.41) is 0.535. The summed E-state index contributed by atoms with van der Waals surface area (Å²) in [7, 11) is 1.66. The van der Waals surface area contributed by atoms with Crippen LogP contribution in [0.5, 0.6) is 11.5 Å². The predicted molar refractivity (Wildman–Crippen MR) is 85.9 cm³/mol. The molecule has 2 nitrogen and oxygen atoms in total. The van der Waals surface area contributed by atoms with Crippen molar-refractivity contribution in [3.8, 4) is 11.5 Å². The molecule has 0 aromatic heterocycles. The van der Waals surface area contributed by atoms with Crippen molar-refractivity contribution in [2.75, 3.05) is 13.7 Å². The number of hydrogen-bond donors (Lipinski definition) is 0. The number of halogens is 2. The topological polar surface area (TPSA) is 18.5 Å². The second-order valence-corrected chi connectivity index (χ2v) is 6.07. The van der Waals surface area contributed by atoms with Gasteiger partial charge in [-0.25, -0.2) is 0 Å². The molecule has 1 heterocycles. The molecule has 0 radical (unpaired) electrons. The zero-order chi connectivity index (χ0) is 14.8. The second kappa shape index (κ2) is 6.17. The SMILES string of the molecule is COc1cccc(CC(Cl)c2cc(Cl)cc3c2OCC3)c1. The van der Waals surface area contributed by atoms with Gasteiger partial charge in [-0.2, -0.15) is 0 Å². The highest BCUT2D eigenvalue weighted by molar-refractivity contribution is 6.31. The van der Waals surface area contributed by atoms with Gasteiger partial charge in [-0.15, -0.1) is 11.6 Å². The van der Waals surface area contributed by atoms with E-state index in [-0.39, 0.29) is 5.38 Å². The lowest BCUT2D eigenvalue weighted by Crippen LogP contribution is -1.99. The fourth-order valence-electron chi connectivity index (χ4n) is 2.65. The molecule has 1 aliphatic heterocycles. The van der Waals surface area contributed by atoms with E-state index in [0.29, 0.717) is 18.1 Å². The number of alkyl halides is 1. The van der Waals surface area contributed by atoms with Crippen LogP contribution in [0.25, 0.3) is 0 Å². The highest BCUT2D eigenvalue weighted by Crippen LogP contribution is 2.40. The number of rotatable bonds is 4. The van der Waals surface area contributed by atoms with Crippen LogP contribution < -0.4 is 9.47 Å². The third-order valence-corrected chi connectivity index (χ3v) is 4.27. The Bertz CT molecular complexity index is 655. The van der Waals surface area contributed by atoms with Crippen molar-refractivity contribution in [2.24, 2.45) is 0 Å². The minimum atomic E-state index is -0.178. The summed E-state index contributed by atoms with van der Waals surface area (Å²) < 4.78 is 11.0. The van der Waals surface area contributed by atoms with Crippen molar-refractivity contribution in [2.45, 2.75) is 18.2 Å². The molecule has 2 aromatic rings. The first kappa shape index (κ1) is 14.6. The lowest BCUT2D eigenvalue weighted by molar-refractivity contribution is 0.353. The normalized spacial score (nSPS) is 14.4. The highest BCUT2D eigenvalue weighted by Gasteiger charge is 2.22. The Hall–Kier alpha value is -1.38. The Balaban J connectivity index is 1.87. The summed E-state index contributed by atoms with van der Waals surface area (Å²) in [6.07, 6.45) is 1.60. The Morgan fingerprint density at radius 3 is 2.95 bits per heavy atom. The Morgan fingerprint density at radius 2 is 2.14 bits per heavy atom. The third kappa shape index (κ3) is 3.12. The molecule has 110 valence electrons. The van der Waals surface area contributed by atoms with E-state index in [1.807, 2.05) is 36.4 Å². The van der Waals surface area contributed by atoms with Gasteiger partial charge in [-0.3, -0.25) is 0 Å². The summed E-state index contributed by atoms with van der Waals surface area (Å²) in [5.74, 6) is 1.74. The van der Waals surface area contributed by atoms with Gasteiger partial charge >= 0.3 is 0 Å². The number of methoxy groups -OCH3 is 1. The zero-order valence-electron chi connectivity index (χ0n) is 11.7. The largest absolute Gasteiger partial charge is 0.497 e. The molecule has 2 aromatic carbocycles. The van der Waals surface area contributed by atoms with Gasteiger partial charge < -0.3 is 9.47 Å². The molecule has 0 spiro atoms. The third-order valence-electron chi connectivity index (χ3n) is 3.66. The monoisotopic (exact) mass is 322 g/mol. The molecule has 3 rings (SSSR count). The molecular weight excluding hydrogens is 307 g/mol. The van der Waals surface area contributed by atoms with Crippen LogP contribution in [0.3, 0.4) is 0 Å². The highest BCUT2D eigenvalue weighted by atomic mass is 35.5. The predicted octanol–water partition coefficient (Wildman–Crippen LogP) is 4.81. The number of benzene rings is 2. The molecular formula is C17H16Cl2O2. The van der Waals surface area contributed by atoms with E-state index in [1.54, 1.807) is 7.11 Å². The summed E-state index contributed by atoms with van der Waals surface area (Å²) in [6, 6.07) is 11.8. The van der Waals surface area contributed by atoms with Crippen molar-refractivity contribution >= 4 is 23.2 Å². The van der Waals surface area contributed by atoms with Crippen molar-refractivity contribution in [1.82, 2.24) is 0 Å². The van der Waals surface area contributed by atoms with Gasteiger partial charge in [0.2, 0.25) is 0 Å². The molecule has 1 unspecified atom stereocenters. The smallest absolute Gasteiger partial charge is 0.127 e. The van der Waals surface area contributed by atoms with Crippen molar-refractivity contribution < 1.29 is 9.47 Å². The first-order valence-electron chi connectivity index (χ1n) is 6.89. The molecule has 0 fully saturated rings. The Morgan fingerprint density at radius 1 is 1.29 bits per heavy atom. The lowest BCUT2D eigenvalue weighted by Gasteiger charge is -2.15. The van der Waals surface area contributed by atoms with Crippen molar-refractivity contribution in [3.63, 3.8) is 0 Å². The summed E-state index contributed by atoms with van der Waals surface area (Å²) in [6.45, 7) is 0.700. The molecule has 0 bridgehead atoms. The van der Waals surface area contributed by atoms with Crippen molar-refractivity contribution in [1.29, 1.82) is 0 Å². The van der Waals surface area contributed by atoms with Crippen molar-refractivity contribution in [3.05, 3.63) is 58.1 Å². The van der Waals surface area contributed by atoms with E-state index in [0.717, 1.165) is 34.6 Å². The average Bonchev–Trinajstić information content (AvgIpc) is 2.94. The fourth-order valence-corrected chi connectivity index (χ4v) is 3.24. The van der Waals surface area contributed by atoms with Gasteiger partial charge in [0, 0.05) is 17.0 Å². The van der Waals surface area contributed by atoms with E-state index in [4.69, 9.17) is 32.7 Å². The molecule has 1 atom stereocenters. The van der Waals surface area contributed by atoms with Crippen LogP contribution in [0, 0.1) is 0 Å². The maximum atomic E-state index is 6.61. The molecule has 4 heteroatoms. The minimum absolute atomic E-state index is 0.178. The summed E-state index contributed by atoms with van der Waals surface area (Å²) in [5.41, 5.74) is 3.24. The zero-order valence-corrected chi connectivity index (χ0v) is 13.2. The minimum Gasteiger partial charge on any atom is -0.497 e. The van der Waals surface area contributed by atoms with Gasteiger partial charge in [0.25, 0.3) is 0 Å². The summed E-state index contributed by atoms with van der Waals surface area (Å²) >= 11 is 12.8. The molecule has 0 N–H and O–H groups in total. The van der Waals surface area contributed by atoms with Gasteiger partial charge in [0.1, 0.15) is 11.5 Å². The number of fused-ring (bicyclic) bond motifs is 1.